The Labute approximate surface area is 148 Å². The minimum atomic E-state index is -4.77. The zero-order chi connectivity index (χ0) is 19.8. The molecule has 144 valence electrons. The van der Waals surface area contributed by atoms with Gasteiger partial charge in [-0.2, -0.15) is 26.3 Å². The van der Waals surface area contributed by atoms with Crippen LogP contribution in [-0.4, -0.2) is 23.2 Å². The number of rotatable bonds is 4. The molecular formula is C17H12F6N2O2. The zero-order valence-corrected chi connectivity index (χ0v) is 13.4. The van der Waals surface area contributed by atoms with Gasteiger partial charge in [-0.3, -0.25) is 0 Å². The Morgan fingerprint density at radius 3 is 2.15 bits per heavy atom. The van der Waals surface area contributed by atoms with Crippen LogP contribution in [0.15, 0.2) is 40.8 Å². The standard InChI is InChI=1S/C17H12F6N2O2/c18-16(19,20)10-3-1-9(2-4-10)15-25-12-6-5-11(24-7-8-26)13(14(12)27-15)17(21,22)23/h1-6,24,26H,7-8H2. The minimum Gasteiger partial charge on any atom is -0.435 e. The van der Waals surface area contributed by atoms with Crippen LogP contribution >= 0.6 is 0 Å². The van der Waals surface area contributed by atoms with Gasteiger partial charge in [-0.25, -0.2) is 4.98 Å². The summed E-state index contributed by atoms with van der Waals surface area (Å²) in [6, 6.07) is 6.19. The lowest BCUT2D eigenvalue weighted by Gasteiger charge is -2.13. The summed E-state index contributed by atoms with van der Waals surface area (Å²) < 4.78 is 83.6. The van der Waals surface area contributed by atoms with Crippen LogP contribution in [0.25, 0.3) is 22.6 Å². The summed E-state index contributed by atoms with van der Waals surface area (Å²) >= 11 is 0. The summed E-state index contributed by atoms with van der Waals surface area (Å²) in [5.41, 5.74) is -2.81. The van der Waals surface area contributed by atoms with Crippen molar-refractivity contribution in [2.75, 3.05) is 18.5 Å². The Bertz CT molecular complexity index is 945. The zero-order valence-electron chi connectivity index (χ0n) is 13.4. The maximum atomic E-state index is 13.5. The van der Waals surface area contributed by atoms with E-state index in [1.165, 1.54) is 6.07 Å². The van der Waals surface area contributed by atoms with Crippen molar-refractivity contribution in [3.63, 3.8) is 0 Å². The van der Waals surface area contributed by atoms with Gasteiger partial charge in [0, 0.05) is 12.1 Å². The van der Waals surface area contributed by atoms with Crippen LogP contribution in [0.2, 0.25) is 0 Å². The molecular weight excluding hydrogens is 378 g/mol. The van der Waals surface area contributed by atoms with E-state index < -0.39 is 29.1 Å². The molecule has 0 amide bonds. The molecule has 0 aliphatic heterocycles. The maximum absolute atomic E-state index is 13.5. The second-order valence-electron chi connectivity index (χ2n) is 5.58. The Hall–Kier alpha value is -2.75. The highest BCUT2D eigenvalue weighted by Gasteiger charge is 2.38. The summed E-state index contributed by atoms with van der Waals surface area (Å²) in [6.45, 7) is -0.475. The van der Waals surface area contributed by atoms with Gasteiger partial charge in [-0.1, -0.05) is 0 Å². The van der Waals surface area contributed by atoms with Gasteiger partial charge in [-0.15, -0.1) is 0 Å². The predicted molar refractivity (Wildman–Crippen MR) is 85.0 cm³/mol. The molecule has 0 saturated carbocycles. The molecule has 27 heavy (non-hydrogen) atoms. The van der Waals surface area contributed by atoms with E-state index in [0.717, 1.165) is 30.3 Å². The van der Waals surface area contributed by atoms with Crippen molar-refractivity contribution in [1.29, 1.82) is 0 Å². The van der Waals surface area contributed by atoms with Gasteiger partial charge in [0.25, 0.3) is 0 Å². The van der Waals surface area contributed by atoms with Crippen molar-refractivity contribution in [2.24, 2.45) is 0 Å². The molecule has 2 N–H and O–H groups in total. The Kier molecular flexibility index (Phi) is 4.77. The quantitative estimate of drug-likeness (QED) is 0.620. The number of aliphatic hydroxyl groups is 1. The summed E-state index contributed by atoms with van der Waals surface area (Å²) in [5.74, 6) is -0.233. The summed E-state index contributed by atoms with van der Waals surface area (Å²) in [5, 5.41) is 11.3. The highest BCUT2D eigenvalue weighted by atomic mass is 19.4. The molecule has 0 radical (unpaired) electrons. The van der Waals surface area contributed by atoms with E-state index in [1.807, 2.05) is 0 Å². The molecule has 0 aliphatic rings. The van der Waals surface area contributed by atoms with Gasteiger partial charge in [0.2, 0.25) is 5.89 Å². The van der Waals surface area contributed by atoms with Crippen LogP contribution in [0, 0.1) is 0 Å². The topological polar surface area (TPSA) is 58.3 Å². The number of aromatic nitrogens is 1. The lowest BCUT2D eigenvalue weighted by molar-refractivity contribution is -0.138. The number of nitrogens with zero attached hydrogens (tertiary/aromatic N) is 1. The highest BCUT2D eigenvalue weighted by molar-refractivity contribution is 5.85. The number of hydrogen-bond acceptors (Lipinski definition) is 4. The molecule has 4 nitrogen and oxygen atoms in total. The number of fused-ring (bicyclic) bond motifs is 1. The van der Waals surface area contributed by atoms with Crippen molar-refractivity contribution in [1.82, 2.24) is 4.98 Å². The first-order valence-electron chi connectivity index (χ1n) is 7.64. The minimum absolute atomic E-state index is 0.0910. The molecule has 0 saturated heterocycles. The van der Waals surface area contributed by atoms with E-state index in [4.69, 9.17) is 9.52 Å². The molecule has 2 aromatic carbocycles. The third-order valence-corrected chi connectivity index (χ3v) is 3.73. The number of halogens is 6. The molecule has 0 bridgehead atoms. The van der Waals surface area contributed by atoms with Gasteiger partial charge in [0.1, 0.15) is 11.1 Å². The number of benzene rings is 2. The van der Waals surface area contributed by atoms with Crippen LogP contribution in [0.5, 0.6) is 0 Å². The Morgan fingerprint density at radius 1 is 0.926 bits per heavy atom. The van der Waals surface area contributed by atoms with Gasteiger partial charge in [0.05, 0.1) is 17.9 Å². The first-order valence-corrected chi connectivity index (χ1v) is 7.64. The first-order chi connectivity index (χ1) is 12.6. The van der Waals surface area contributed by atoms with Crippen molar-refractivity contribution in [2.45, 2.75) is 12.4 Å². The lowest BCUT2D eigenvalue weighted by Crippen LogP contribution is -2.13. The molecule has 1 heterocycles. The second kappa shape index (κ2) is 6.76. The summed E-state index contributed by atoms with van der Waals surface area (Å²) in [4.78, 5) is 3.95. The van der Waals surface area contributed by atoms with Crippen molar-refractivity contribution in [3.8, 4) is 11.5 Å². The molecule has 3 rings (SSSR count). The fraction of sp³-hybridized carbons (Fsp3) is 0.235. The van der Waals surface area contributed by atoms with Gasteiger partial charge in [-0.05, 0) is 36.4 Å². The largest absolute Gasteiger partial charge is 0.435 e. The molecule has 0 unspecified atom stereocenters. The second-order valence-corrected chi connectivity index (χ2v) is 5.58. The van der Waals surface area contributed by atoms with E-state index in [2.05, 4.69) is 10.3 Å². The number of nitrogens with one attached hydrogen (secondary N) is 1. The first kappa shape index (κ1) is 19.0. The molecule has 0 aliphatic carbocycles. The van der Waals surface area contributed by atoms with Crippen LogP contribution in [0.1, 0.15) is 11.1 Å². The van der Waals surface area contributed by atoms with Crippen LogP contribution in [0.3, 0.4) is 0 Å². The van der Waals surface area contributed by atoms with Crippen molar-refractivity contribution < 1.29 is 35.9 Å². The molecule has 1 aromatic heterocycles. The molecule has 0 spiro atoms. The third-order valence-electron chi connectivity index (χ3n) is 3.73. The van der Waals surface area contributed by atoms with Crippen LogP contribution < -0.4 is 5.32 Å². The van der Waals surface area contributed by atoms with Crippen LogP contribution in [0.4, 0.5) is 32.0 Å². The third kappa shape index (κ3) is 3.85. The number of oxazole rings is 1. The lowest BCUT2D eigenvalue weighted by atomic mass is 10.1. The number of alkyl halides is 6. The number of hydrogen-bond donors (Lipinski definition) is 2. The Morgan fingerprint density at radius 2 is 1.59 bits per heavy atom. The maximum Gasteiger partial charge on any atom is 0.422 e. The SMILES string of the molecule is OCCNc1ccc2nc(-c3ccc(C(F)(F)F)cc3)oc2c1C(F)(F)F. The van der Waals surface area contributed by atoms with Gasteiger partial charge < -0.3 is 14.8 Å². The van der Waals surface area contributed by atoms with Crippen molar-refractivity contribution >= 4 is 16.8 Å². The smallest absolute Gasteiger partial charge is 0.422 e. The van der Waals surface area contributed by atoms with E-state index in [0.29, 0.717) is 0 Å². The van der Waals surface area contributed by atoms with E-state index in [9.17, 15) is 26.3 Å². The molecule has 0 atom stereocenters. The predicted octanol–water partition coefficient (Wildman–Crippen LogP) is 4.94. The van der Waals surface area contributed by atoms with Gasteiger partial charge >= 0.3 is 12.4 Å². The van der Waals surface area contributed by atoms with Gasteiger partial charge in [0.15, 0.2) is 5.58 Å². The fourth-order valence-corrected chi connectivity index (χ4v) is 2.54. The average Bonchev–Trinajstić information content (AvgIpc) is 3.01. The normalized spacial score (nSPS) is 12.6. The summed E-state index contributed by atoms with van der Waals surface area (Å²) in [6.07, 6.45) is -9.30. The average molecular weight is 390 g/mol. The van der Waals surface area contributed by atoms with E-state index in [1.54, 1.807) is 0 Å². The Balaban J connectivity index is 2.09. The van der Waals surface area contributed by atoms with Crippen LogP contribution in [-0.2, 0) is 12.4 Å². The monoisotopic (exact) mass is 390 g/mol. The fourth-order valence-electron chi connectivity index (χ4n) is 2.54. The van der Waals surface area contributed by atoms with Crippen molar-refractivity contribution in [3.05, 3.63) is 47.5 Å². The molecule has 10 heteroatoms. The molecule has 3 aromatic rings. The number of aliphatic hydroxyl groups excluding tert-OH is 1. The van der Waals surface area contributed by atoms with E-state index >= 15 is 0 Å². The highest BCUT2D eigenvalue weighted by Crippen LogP contribution is 2.41. The van der Waals surface area contributed by atoms with E-state index in [-0.39, 0.29) is 35.8 Å². The summed E-state index contributed by atoms with van der Waals surface area (Å²) in [7, 11) is 0. The molecule has 0 fully saturated rings. The number of anilines is 1.